The number of imidazole rings is 1. The lowest BCUT2D eigenvalue weighted by Crippen LogP contribution is -2.13. The molecule has 0 atom stereocenters. The fraction of sp³-hybridized carbons (Fsp3) is 0.222. The average molecular weight is 353 g/mol. The molecule has 0 spiro atoms. The van der Waals surface area contributed by atoms with Crippen molar-refractivity contribution < 1.29 is 14.3 Å². The van der Waals surface area contributed by atoms with E-state index in [1.165, 1.54) is 14.2 Å². The fourth-order valence-corrected chi connectivity index (χ4v) is 2.35. The first-order chi connectivity index (χ1) is 12.5. The van der Waals surface area contributed by atoms with Crippen LogP contribution in [-0.4, -0.2) is 39.6 Å². The highest BCUT2D eigenvalue weighted by molar-refractivity contribution is 6.04. The topological polar surface area (TPSA) is 91.2 Å². The Hall–Kier alpha value is -3.42. The van der Waals surface area contributed by atoms with Crippen LogP contribution in [0.25, 0.3) is 5.95 Å². The van der Waals surface area contributed by atoms with Crippen LogP contribution in [0.15, 0.2) is 36.9 Å². The first-order valence-electron chi connectivity index (χ1n) is 7.89. The van der Waals surface area contributed by atoms with Gasteiger partial charge in [-0.3, -0.25) is 9.36 Å². The summed E-state index contributed by atoms with van der Waals surface area (Å²) in [5.41, 5.74) is 2.77. The number of aromatic nitrogens is 4. The Labute approximate surface area is 150 Å². The van der Waals surface area contributed by atoms with Gasteiger partial charge in [0, 0.05) is 17.3 Å². The number of nitrogens with zero attached hydrogens (tertiary/aromatic N) is 4. The minimum Gasteiger partial charge on any atom is -0.497 e. The van der Waals surface area contributed by atoms with Crippen LogP contribution in [0.4, 0.5) is 5.69 Å². The van der Waals surface area contributed by atoms with Gasteiger partial charge in [0.15, 0.2) is 0 Å². The van der Waals surface area contributed by atoms with Crippen LogP contribution in [-0.2, 0) is 0 Å². The Balaban J connectivity index is 1.79. The summed E-state index contributed by atoms with van der Waals surface area (Å²) in [7, 11) is 3.06. The van der Waals surface area contributed by atoms with Gasteiger partial charge in [0.2, 0.25) is 5.95 Å². The smallest absolute Gasteiger partial charge is 0.256 e. The number of carbonyl (C=O) groups is 1. The highest BCUT2D eigenvalue weighted by Crippen LogP contribution is 2.23. The van der Waals surface area contributed by atoms with Crippen molar-refractivity contribution in [3.05, 3.63) is 53.9 Å². The third kappa shape index (κ3) is 3.49. The molecule has 0 unspecified atom stereocenters. The van der Waals surface area contributed by atoms with Gasteiger partial charge in [0.25, 0.3) is 5.91 Å². The second-order valence-corrected chi connectivity index (χ2v) is 5.61. The van der Waals surface area contributed by atoms with Gasteiger partial charge in [-0.15, -0.1) is 0 Å². The largest absolute Gasteiger partial charge is 0.497 e. The molecule has 0 saturated heterocycles. The molecule has 0 aliphatic heterocycles. The van der Waals surface area contributed by atoms with Crippen LogP contribution in [0.2, 0.25) is 0 Å². The van der Waals surface area contributed by atoms with Gasteiger partial charge in [-0.25, -0.2) is 15.0 Å². The first kappa shape index (κ1) is 17.4. The second kappa shape index (κ2) is 7.22. The number of nitrogens with one attached hydrogen (secondary N) is 1. The van der Waals surface area contributed by atoms with Gasteiger partial charge in [-0.2, -0.15) is 0 Å². The van der Waals surface area contributed by atoms with Crippen molar-refractivity contribution in [1.82, 2.24) is 19.5 Å². The average Bonchev–Trinajstić information content (AvgIpc) is 3.00. The quantitative estimate of drug-likeness (QED) is 0.758. The van der Waals surface area contributed by atoms with E-state index >= 15 is 0 Å². The van der Waals surface area contributed by atoms with Gasteiger partial charge >= 0.3 is 0 Å². The van der Waals surface area contributed by atoms with Crippen molar-refractivity contribution in [2.24, 2.45) is 0 Å². The Morgan fingerprint density at radius 1 is 1.00 bits per heavy atom. The molecule has 1 N–H and O–H groups in total. The number of hydrogen-bond donors (Lipinski definition) is 1. The number of anilines is 1. The van der Waals surface area contributed by atoms with Crippen molar-refractivity contribution in [2.75, 3.05) is 19.5 Å². The van der Waals surface area contributed by atoms with E-state index in [2.05, 4.69) is 20.3 Å². The molecular formula is C18H19N5O3. The zero-order valence-corrected chi connectivity index (χ0v) is 15.0. The molecule has 1 amide bonds. The minimum absolute atomic E-state index is 0.312. The number of benzene rings is 1. The van der Waals surface area contributed by atoms with Gasteiger partial charge in [0.05, 0.1) is 38.0 Å². The highest BCUT2D eigenvalue weighted by Gasteiger charge is 2.12. The third-order valence-corrected chi connectivity index (χ3v) is 3.98. The Morgan fingerprint density at radius 2 is 1.62 bits per heavy atom. The number of amides is 1. The summed E-state index contributed by atoms with van der Waals surface area (Å²) in [6.07, 6.45) is 4.76. The number of rotatable bonds is 5. The Morgan fingerprint density at radius 3 is 2.12 bits per heavy atom. The summed E-state index contributed by atoms with van der Waals surface area (Å²) in [5.74, 6) is 1.25. The van der Waals surface area contributed by atoms with Crippen molar-refractivity contribution in [1.29, 1.82) is 0 Å². The molecule has 0 fully saturated rings. The lowest BCUT2D eigenvalue weighted by Gasteiger charge is -2.09. The van der Waals surface area contributed by atoms with Crippen LogP contribution >= 0.6 is 0 Å². The molecule has 2 aromatic heterocycles. The number of carbonyl (C=O) groups excluding carboxylic acids is 1. The molecular weight excluding hydrogens is 334 g/mol. The molecule has 0 radical (unpaired) electrons. The van der Waals surface area contributed by atoms with Crippen molar-refractivity contribution in [2.45, 2.75) is 13.8 Å². The van der Waals surface area contributed by atoms with Gasteiger partial charge in [-0.1, -0.05) is 0 Å². The summed E-state index contributed by atoms with van der Waals surface area (Å²) >= 11 is 0. The molecule has 1 aromatic carbocycles. The highest BCUT2D eigenvalue weighted by atomic mass is 16.5. The van der Waals surface area contributed by atoms with Crippen LogP contribution in [0.1, 0.15) is 21.7 Å². The van der Waals surface area contributed by atoms with Crippen LogP contribution < -0.4 is 14.8 Å². The Bertz CT molecular complexity index is 912. The lowest BCUT2D eigenvalue weighted by atomic mass is 10.2. The molecule has 0 saturated carbocycles. The fourth-order valence-electron chi connectivity index (χ4n) is 2.35. The van der Waals surface area contributed by atoms with Gasteiger partial charge in [0.1, 0.15) is 17.8 Å². The van der Waals surface area contributed by atoms with Crippen LogP contribution in [0.5, 0.6) is 11.5 Å². The molecule has 3 aromatic rings. The summed E-state index contributed by atoms with van der Waals surface area (Å²) in [4.78, 5) is 25.3. The zero-order chi connectivity index (χ0) is 18.7. The lowest BCUT2D eigenvalue weighted by molar-refractivity contribution is 0.102. The second-order valence-electron chi connectivity index (χ2n) is 5.61. The minimum atomic E-state index is -0.312. The van der Waals surface area contributed by atoms with Gasteiger partial charge in [-0.05, 0) is 26.0 Å². The monoisotopic (exact) mass is 353 g/mol. The van der Waals surface area contributed by atoms with E-state index in [0.717, 1.165) is 11.4 Å². The molecule has 26 heavy (non-hydrogen) atoms. The third-order valence-electron chi connectivity index (χ3n) is 3.98. The standard InChI is InChI=1S/C18H19N5O3/c1-11-12(2)23(10-21-11)18-19-8-14(9-20-18)22-17(24)13-5-15(25-3)7-16(6-13)26-4/h5-10H,1-4H3,(H,22,24). The number of aryl methyl sites for hydroxylation is 1. The van der Waals surface area contributed by atoms with Crippen LogP contribution in [0, 0.1) is 13.8 Å². The summed E-state index contributed by atoms with van der Waals surface area (Å²) in [6, 6.07) is 4.96. The van der Waals surface area contributed by atoms with E-state index in [1.807, 2.05) is 13.8 Å². The molecule has 0 bridgehead atoms. The normalized spacial score (nSPS) is 10.5. The maximum absolute atomic E-state index is 12.5. The first-order valence-corrected chi connectivity index (χ1v) is 7.89. The maximum Gasteiger partial charge on any atom is 0.256 e. The number of hydrogen-bond acceptors (Lipinski definition) is 6. The zero-order valence-electron chi connectivity index (χ0n) is 15.0. The molecule has 0 aliphatic carbocycles. The predicted molar refractivity (Wildman–Crippen MR) is 96.1 cm³/mol. The van der Waals surface area contributed by atoms with Crippen molar-refractivity contribution in [3.63, 3.8) is 0 Å². The predicted octanol–water partition coefficient (Wildman–Crippen LogP) is 2.55. The summed E-state index contributed by atoms with van der Waals surface area (Å²) in [6.45, 7) is 3.86. The molecule has 134 valence electrons. The molecule has 0 aliphatic rings. The summed E-state index contributed by atoms with van der Waals surface area (Å²) in [5, 5.41) is 2.76. The SMILES string of the molecule is COc1cc(OC)cc(C(=O)Nc2cnc(-n3cnc(C)c3C)nc2)c1. The van der Waals surface area contributed by atoms with E-state index in [4.69, 9.17) is 9.47 Å². The molecule has 8 nitrogen and oxygen atoms in total. The number of ether oxygens (including phenoxy) is 2. The van der Waals surface area contributed by atoms with Crippen molar-refractivity contribution in [3.8, 4) is 17.4 Å². The van der Waals surface area contributed by atoms with Gasteiger partial charge < -0.3 is 14.8 Å². The van der Waals surface area contributed by atoms with Crippen molar-refractivity contribution >= 4 is 11.6 Å². The number of methoxy groups -OCH3 is 2. The van der Waals surface area contributed by atoms with Crippen LogP contribution in [0.3, 0.4) is 0 Å². The van der Waals surface area contributed by atoms with E-state index < -0.39 is 0 Å². The molecule has 8 heteroatoms. The van der Waals surface area contributed by atoms with E-state index in [1.54, 1.807) is 41.5 Å². The molecule has 3 rings (SSSR count). The van der Waals surface area contributed by atoms with E-state index in [-0.39, 0.29) is 5.91 Å². The summed E-state index contributed by atoms with van der Waals surface area (Å²) < 4.78 is 12.2. The molecule has 2 heterocycles. The van der Waals surface area contributed by atoms with E-state index in [9.17, 15) is 4.79 Å². The Kier molecular flexibility index (Phi) is 4.83. The maximum atomic E-state index is 12.5. The van der Waals surface area contributed by atoms with E-state index in [0.29, 0.717) is 28.7 Å².